The zero-order valence-corrected chi connectivity index (χ0v) is 12.4. The van der Waals surface area contributed by atoms with Gasteiger partial charge >= 0.3 is 0 Å². The van der Waals surface area contributed by atoms with Crippen molar-refractivity contribution in [2.45, 2.75) is 38.4 Å². The number of carbonyl (C=O) groups excluding carboxylic acids is 1. The van der Waals surface area contributed by atoms with Gasteiger partial charge in [0.05, 0.1) is 0 Å². The zero-order chi connectivity index (χ0) is 14.5. The van der Waals surface area contributed by atoms with Gasteiger partial charge in [0.1, 0.15) is 23.7 Å². The van der Waals surface area contributed by atoms with Gasteiger partial charge in [-0.15, -0.1) is 0 Å². The molecule has 0 spiro atoms. The fourth-order valence-electron chi connectivity index (χ4n) is 2.58. The molecule has 0 aliphatic carbocycles. The van der Waals surface area contributed by atoms with E-state index in [0.29, 0.717) is 6.42 Å². The lowest BCUT2D eigenvalue weighted by atomic mass is 9.96. The Bertz CT molecular complexity index is 444. The number of rotatable bonds is 6. The van der Waals surface area contributed by atoms with Crippen LogP contribution in [-0.4, -0.2) is 38.2 Å². The molecule has 1 aliphatic rings. The van der Waals surface area contributed by atoms with Crippen LogP contribution in [0.2, 0.25) is 0 Å². The molecule has 1 heterocycles. The van der Waals surface area contributed by atoms with Crippen LogP contribution >= 0.6 is 0 Å². The van der Waals surface area contributed by atoms with Crippen molar-refractivity contribution in [2.24, 2.45) is 0 Å². The van der Waals surface area contributed by atoms with Gasteiger partial charge in [-0.3, -0.25) is 0 Å². The number of carbonyl (C=O) groups is 1. The lowest BCUT2D eigenvalue weighted by Crippen LogP contribution is -2.31. The number of Topliss-reactive ketones (excluding diaryl/α,β-unsaturated/α-hetero) is 1. The molecule has 3 atom stereocenters. The van der Waals surface area contributed by atoms with E-state index in [1.165, 1.54) is 5.56 Å². The molecule has 0 saturated carbocycles. The Kier molecular flexibility index (Phi) is 5.15. The molecule has 0 amide bonds. The van der Waals surface area contributed by atoms with Gasteiger partial charge in [-0.25, -0.2) is 0 Å². The van der Waals surface area contributed by atoms with Crippen LogP contribution in [-0.2, 0) is 9.53 Å². The first-order chi connectivity index (χ1) is 9.60. The van der Waals surface area contributed by atoms with Gasteiger partial charge in [0.25, 0.3) is 0 Å². The number of nitrogens with one attached hydrogen (secondary N) is 1. The molecule has 1 aromatic rings. The number of hydrogen-bond donors (Lipinski definition) is 1. The van der Waals surface area contributed by atoms with Gasteiger partial charge in [-0.2, -0.15) is 0 Å². The van der Waals surface area contributed by atoms with Crippen LogP contribution in [0.1, 0.15) is 31.7 Å². The fraction of sp³-hybridized carbons (Fsp3) is 0.562. The Morgan fingerprint density at radius 2 is 1.95 bits per heavy atom. The molecule has 20 heavy (non-hydrogen) atoms. The lowest BCUT2D eigenvalue weighted by molar-refractivity contribution is -0.117. The van der Waals surface area contributed by atoms with Crippen LogP contribution in [0.3, 0.4) is 0 Å². The van der Waals surface area contributed by atoms with Crippen LogP contribution in [0.15, 0.2) is 24.3 Å². The van der Waals surface area contributed by atoms with Crippen molar-refractivity contribution < 1.29 is 14.3 Å². The van der Waals surface area contributed by atoms with Crippen molar-refractivity contribution in [1.29, 1.82) is 0 Å². The molecule has 1 aliphatic heterocycles. The Morgan fingerprint density at radius 3 is 2.55 bits per heavy atom. The van der Waals surface area contributed by atoms with E-state index in [1.807, 2.05) is 24.3 Å². The highest BCUT2D eigenvalue weighted by atomic mass is 16.5. The first-order valence-corrected chi connectivity index (χ1v) is 7.09. The van der Waals surface area contributed by atoms with Crippen molar-refractivity contribution >= 4 is 5.78 Å². The molecular weight excluding hydrogens is 254 g/mol. The highest BCUT2D eigenvalue weighted by molar-refractivity contribution is 5.76. The standard InChI is InChI=1S/C16H23NO3/c1-11(8-12(2)18)13-4-6-14(7-5-13)20-16-10-17-9-15(16)19-3/h4-7,11,15-17H,8-10H2,1-3H3/t11-,15-,16+/m1/s1. The summed E-state index contributed by atoms with van der Waals surface area (Å²) in [6.45, 7) is 5.33. The minimum atomic E-state index is 0.0560. The third kappa shape index (κ3) is 3.81. The van der Waals surface area contributed by atoms with E-state index in [4.69, 9.17) is 9.47 Å². The van der Waals surface area contributed by atoms with Gasteiger partial charge < -0.3 is 19.6 Å². The molecule has 1 saturated heterocycles. The summed E-state index contributed by atoms with van der Waals surface area (Å²) in [6.07, 6.45) is 0.741. The monoisotopic (exact) mass is 277 g/mol. The molecule has 0 radical (unpaired) electrons. The molecule has 4 nitrogen and oxygen atoms in total. The smallest absolute Gasteiger partial charge is 0.138 e. The van der Waals surface area contributed by atoms with Crippen LogP contribution in [0.4, 0.5) is 0 Å². The molecule has 0 bridgehead atoms. The van der Waals surface area contributed by atoms with E-state index in [2.05, 4.69) is 12.2 Å². The van der Waals surface area contributed by atoms with Crippen molar-refractivity contribution in [3.8, 4) is 5.75 Å². The molecule has 0 aromatic heterocycles. The fourth-order valence-corrected chi connectivity index (χ4v) is 2.58. The van der Waals surface area contributed by atoms with Crippen molar-refractivity contribution in [3.63, 3.8) is 0 Å². The Balaban J connectivity index is 1.96. The minimum absolute atomic E-state index is 0.0560. The Morgan fingerprint density at radius 1 is 1.30 bits per heavy atom. The largest absolute Gasteiger partial charge is 0.486 e. The third-order valence-electron chi connectivity index (χ3n) is 3.74. The Labute approximate surface area is 120 Å². The second kappa shape index (κ2) is 6.86. The number of hydrogen-bond acceptors (Lipinski definition) is 4. The quantitative estimate of drug-likeness (QED) is 0.865. The number of benzene rings is 1. The summed E-state index contributed by atoms with van der Waals surface area (Å²) >= 11 is 0. The van der Waals surface area contributed by atoms with Crippen LogP contribution in [0.5, 0.6) is 5.75 Å². The molecule has 110 valence electrons. The first kappa shape index (κ1) is 15.0. The number of ether oxygens (including phenoxy) is 2. The summed E-state index contributed by atoms with van der Waals surface area (Å²) in [4.78, 5) is 11.1. The summed E-state index contributed by atoms with van der Waals surface area (Å²) in [6, 6.07) is 8.01. The van der Waals surface area contributed by atoms with Gasteiger partial charge in [-0.1, -0.05) is 19.1 Å². The molecule has 4 heteroatoms. The first-order valence-electron chi connectivity index (χ1n) is 7.09. The van der Waals surface area contributed by atoms with E-state index in [0.717, 1.165) is 18.8 Å². The summed E-state index contributed by atoms with van der Waals surface area (Å²) in [5.41, 5.74) is 1.17. The highest BCUT2D eigenvalue weighted by Gasteiger charge is 2.28. The molecular formula is C16H23NO3. The lowest BCUT2D eigenvalue weighted by Gasteiger charge is -2.19. The van der Waals surface area contributed by atoms with Gasteiger partial charge in [0, 0.05) is 26.6 Å². The second-order valence-electron chi connectivity index (χ2n) is 5.46. The van der Waals surface area contributed by atoms with E-state index < -0.39 is 0 Å². The molecule has 1 aromatic carbocycles. The average Bonchev–Trinajstić information content (AvgIpc) is 2.86. The predicted molar refractivity (Wildman–Crippen MR) is 78.2 cm³/mol. The van der Waals surface area contributed by atoms with Gasteiger partial charge in [0.2, 0.25) is 0 Å². The van der Waals surface area contributed by atoms with E-state index >= 15 is 0 Å². The normalized spacial score (nSPS) is 23.6. The SMILES string of the molecule is CO[C@@H]1CNC[C@@H]1Oc1ccc([C@H](C)CC(C)=O)cc1. The highest BCUT2D eigenvalue weighted by Crippen LogP contribution is 2.23. The number of ketones is 1. The van der Waals surface area contributed by atoms with Gasteiger partial charge in [0.15, 0.2) is 0 Å². The van der Waals surface area contributed by atoms with Crippen molar-refractivity contribution in [2.75, 3.05) is 20.2 Å². The van der Waals surface area contributed by atoms with E-state index in [-0.39, 0.29) is 23.9 Å². The summed E-state index contributed by atoms with van der Waals surface area (Å²) in [7, 11) is 1.71. The van der Waals surface area contributed by atoms with E-state index in [9.17, 15) is 4.79 Å². The van der Waals surface area contributed by atoms with Crippen LogP contribution in [0, 0.1) is 0 Å². The molecule has 1 fully saturated rings. The molecule has 1 N–H and O–H groups in total. The minimum Gasteiger partial charge on any atom is -0.486 e. The molecule has 0 unspecified atom stereocenters. The second-order valence-corrected chi connectivity index (χ2v) is 5.46. The summed E-state index contributed by atoms with van der Waals surface area (Å²) in [5.74, 6) is 1.32. The van der Waals surface area contributed by atoms with Crippen molar-refractivity contribution in [1.82, 2.24) is 5.32 Å². The summed E-state index contributed by atoms with van der Waals surface area (Å²) in [5, 5.41) is 3.26. The summed E-state index contributed by atoms with van der Waals surface area (Å²) < 4.78 is 11.3. The van der Waals surface area contributed by atoms with Gasteiger partial charge in [-0.05, 0) is 30.5 Å². The van der Waals surface area contributed by atoms with E-state index in [1.54, 1.807) is 14.0 Å². The maximum atomic E-state index is 11.1. The zero-order valence-electron chi connectivity index (χ0n) is 12.4. The van der Waals surface area contributed by atoms with Crippen LogP contribution in [0.25, 0.3) is 0 Å². The number of methoxy groups -OCH3 is 1. The maximum absolute atomic E-state index is 11.1. The average molecular weight is 277 g/mol. The third-order valence-corrected chi connectivity index (χ3v) is 3.74. The van der Waals surface area contributed by atoms with Crippen molar-refractivity contribution in [3.05, 3.63) is 29.8 Å². The molecule has 2 rings (SSSR count). The van der Waals surface area contributed by atoms with Crippen LogP contribution < -0.4 is 10.1 Å². The predicted octanol–water partition coefficient (Wildman–Crippen LogP) is 2.13. The Hall–Kier alpha value is -1.39. The maximum Gasteiger partial charge on any atom is 0.138 e. The topological polar surface area (TPSA) is 47.6 Å².